The summed E-state index contributed by atoms with van der Waals surface area (Å²) < 4.78 is 26.1. The smallest absolute Gasteiger partial charge is 0.308 e. The van der Waals surface area contributed by atoms with E-state index in [0.717, 1.165) is 12.1 Å². The highest BCUT2D eigenvalue weighted by molar-refractivity contribution is 6.01. The molecule has 0 aliphatic rings. The van der Waals surface area contributed by atoms with Gasteiger partial charge in [-0.25, -0.2) is 13.6 Å². The second-order valence-corrected chi connectivity index (χ2v) is 5.14. The molecule has 0 fully saturated rings. The maximum Gasteiger partial charge on any atom is 0.325 e. The third kappa shape index (κ3) is 5.13. The van der Waals surface area contributed by atoms with Crippen LogP contribution in [-0.4, -0.2) is 18.5 Å². The fourth-order valence-corrected chi connectivity index (χ4v) is 2.00. The fraction of sp³-hybridized carbons (Fsp3) is 0.176. The number of anilines is 1. The van der Waals surface area contributed by atoms with Gasteiger partial charge in [-0.3, -0.25) is 10.1 Å². The van der Waals surface area contributed by atoms with Crippen molar-refractivity contribution in [1.82, 2.24) is 10.6 Å². The zero-order valence-corrected chi connectivity index (χ0v) is 13.0. The Bertz CT molecular complexity index is 723. The van der Waals surface area contributed by atoms with Crippen molar-refractivity contribution >= 4 is 17.6 Å². The maximum atomic E-state index is 13.2. The molecule has 3 amide bonds. The molecule has 0 bridgehead atoms. The van der Waals surface area contributed by atoms with Crippen LogP contribution in [0, 0.1) is 11.6 Å². The lowest BCUT2D eigenvalue weighted by molar-refractivity contribution is -0.119. The van der Waals surface area contributed by atoms with Gasteiger partial charge < -0.3 is 10.6 Å². The Kier molecular flexibility index (Phi) is 5.97. The Morgan fingerprint density at radius 2 is 1.75 bits per heavy atom. The van der Waals surface area contributed by atoms with Crippen molar-refractivity contribution in [1.29, 1.82) is 0 Å². The van der Waals surface area contributed by atoms with Gasteiger partial charge in [0.2, 0.25) is 5.91 Å². The number of urea groups is 1. The van der Waals surface area contributed by atoms with Crippen molar-refractivity contribution in [2.75, 3.05) is 11.9 Å². The molecule has 0 aromatic heterocycles. The molecule has 0 unspecified atom stereocenters. The zero-order chi connectivity index (χ0) is 17.5. The van der Waals surface area contributed by atoms with Gasteiger partial charge in [0.25, 0.3) is 0 Å². The van der Waals surface area contributed by atoms with Gasteiger partial charge in [-0.15, -0.1) is 0 Å². The summed E-state index contributed by atoms with van der Waals surface area (Å²) in [5, 5.41) is 7.52. The Morgan fingerprint density at radius 3 is 2.42 bits per heavy atom. The summed E-state index contributed by atoms with van der Waals surface area (Å²) >= 11 is 0. The summed E-state index contributed by atoms with van der Waals surface area (Å²) in [5.74, 6) is -2.42. The van der Waals surface area contributed by atoms with Crippen molar-refractivity contribution in [3.63, 3.8) is 0 Å². The van der Waals surface area contributed by atoms with E-state index in [1.165, 1.54) is 6.07 Å². The molecule has 0 saturated carbocycles. The Hall–Kier alpha value is -2.80. The summed E-state index contributed by atoms with van der Waals surface area (Å²) in [6.45, 7) is 1.55. The van der Waals surface area contributed by atoms with Crippen molar-refractivity contribution in [2.45, 2.75) is 13.0 Å². The van der Waals surface area contributed by atoms with E-state index in [9.17, 15) is 18.4 Å². The first-order valence-electron chi connectivity index (χ1n) is 7.30. The fourth-order valence-electron chi connectivity index (χ4n) is 2.00. The first-order chi connectivity index (χ1) is 11.5. The van der Waals surface area contributed by atoms with Crippen molar-refractivity contribution in [2.24, 2.45) is 0 Å². The zero-order valence-electron chi connectivity index (χ0n) is 13.0. The predicted molar refractivity (Wildman–Crippen MR) is 86.4 cm³/mol. The van der Waals surface area contributed by atoms with E-state index in [0.29, 0.717) is 11.3 Å². The molecule has 7 heteroatoms. The second kappa shape index (κ2) is 8.16. The monoisotopic (exact) mass is 333 g/mol. The van der Waals surface area contributed by atoms with Crippen molar-refractivity contribution in [3.8, 4) is 0 Å². The van der Waals surface area contributed by atoms with Crippen LogP contribution in [0.2, 0.25) is 0 Å². The summed E-state index contributed by atoms with van der Waals surface area (Å²) in [4.78, 5) is 23.4. The van der Waals surface area contributed by atoms with Crippen LogP contribution in [0.15, 0.2) is 48.5 Å². The standard InChI is InChI=1S/C17H17F2N3O2/c1-11(12-7-8-14(18)15(19)9-12)20-10-16(23)22-17(24)21-13-5-3-2-4-6-13/h2-9,11,20H,10H2,1H3,(H2,21,22,23,24)/t11-/m1/s1. The third-order valence-electron chi connectivity index (χ3n) is 3.30. The molecule has 0 saturated heterocycles. The highest BCUT2D eigenvalue weighted by Gasteiger charge is 2.12. The second-order valence-electron chi connectivity index (χ2n) is 5.14. The van der Waals surface area contributed by atoms with E-state index in [4.69, 9.17) is 0 Å². The van der Waals surface area contributed by atoms with Crippen LogP contribution in [-0.2, 0) is 4.79 Å². The van der Waals surface area contributed by atoms with Crippen LogP contribution in [0.4, 0.5) is 19.3 Å². The number of carbonyl (C=O) groups excluding carboxylic acids is 2. The molecule has 1 atom stereocenters. The molecule has 2 rings (SSSR count). The van der Waals surface area contributed by atoms with E-state index in [-0.39, 0.29) is 12.6 Å². The number of para-hydroxylation sites is 1. The molecule has 0 spiro atoms. The van der Waals surface area contributed by atoms with Gasteiger partial charge in [0.1, 0.15) is 0 Å². The molecule has 0 radical (unpaired) electrons. The minimum absolute atomic E-state index is 0.150. The summed E-state index contributed by atoms with van der Waals surface area (Å²) in [6, 6.07) is 11.2. The molecule has 0 aliphatic heterocycles. The number of rotatable bonds is 5. The highest BCUT2D eigenvalue weighted by Crippen LogP contribution is 2.15. The number of halogens is 2. The SMILES string of the molecule is C[C@@H](NCC(=O)NC(=O)Nc1ccccc1)c1ccc(F)c(F)c1. The minimum atomic E-state index is -0.951. The number of hydrogen-bond donors (Lipinski definition) is 3. The first kappa shape index (κ1) is 17.6. The van der Waals surface area contributed by atoms with Crippen LogP contribution >= 0.6 is 0 Å². The van der Waals surface area contributed by atoms with E-state index < -0.39 is 23.6 Å². The van der Waals surface area contributed by atoms with Crippen molar-refractivity contribution in [3.05, 3.63) is 65.7 Å². The number of amides is 3. The van der Waals surface area contributed by atoms with E-state index >= 15 is 0 Å². The van der Waals surface area contributed by atoms with Gasteiger partial charge in [0.15, 0.2) is 11.6 Å². The number of hydrogen-bond acceptors (Lipinski definition) is 3. The average molecular weight is 333 g/mol. The molecule has 24 heavy (non-hydrogen) atoms. The number of carbonyl (C=O) groups is 2. The Labute approximate surface area is 138 Å². The summed E-state index contributed by atoms with van der Waals surface area (Å²) in [6.07, 6.45) is 0. The Morgan fingerprint density at radius 1 is 1.04 bits per heavy atom. The molecule has 0 aliphatic carbocycles. The molecule has 2 aromatic rings. The average Bonchev–Trinajstić information content (AvgIpc) is 2.56. The molecular weight excluding hydrogens is 316 g/mol. The summed E-state index contributed by atoms with van der Waals surface area (Å²) in [7, 11) is 0. The van der Waals surface area contributed by atoms with Gasteiger partial charge in [-0.1, -0.05) is 24.3 Å². The van der Waals surface area contributed by atoms with Crippen LogP contribution in [0.5, 0.6) is 0 Å². The lowest BCUT2D eigenvalue weighted by Gasteiger charge is -2.14. The molecule has 5 nitrogen and oxygen atoms in total. The minimum Gasteiger partial charge on any atom is -0.308 e. The molecule has 0 heterocycles. The Balaban J connectivity index is 1.79. The van der Waals surface area contributed by atoms with Crippen LogP contribution < -0.4 is 16.0 Å². The lowest BCUT2D eigenvalue weighted by Crippen LogP contribution is -2.40. The summed E-state index contributed by atoms with van der Waals surface area (Å²) in [5.41, 5.74) is 1.06. The number of imide groups is 1. The van der Waals surface area contributed by atoms with E-state index in [1.54, 1.807) is 37.3 Å². The third-order valence-corrected chi connectivity index (χ3v) is 3.30. The number of benzene rings is 2. The molecule has 2 aromatic carbocycles. The van der Waals surface area contributed by atoms with Crippen LogP contribution in [0.1, 0.15) is 18.5 Å². The van der Waals surface area contributed by atoms with Gasteiger partial charge in [-0.05, 0) is 36.8 Å². The van der Waals surface area contributed by atoms with E-state index in [2.05, 4.69) is 16.0 Å². The van der Waals surface area contributed by atoms with E-state index in [1.807, 2.05) is 0 Å². The molecule has 3 N–H and O–H groups in total. The quantitative estimate of drug-likeness (QED) is 0.788. The largest absolute Gasteiger partial charge is 0.325 e. The van der Waals surface area contributed by atoms with Gasteiger partial charge in [-0.2, -0.15) is 0 Å². The van der Waals surface area contributed by atoms with Crippen molar-refractivity contribution < 1.29 is 18.4 Å². The first-order valence-corrected chi connectivity index (χ1v) is 7.30. The normalized spacial score (nSPS) is 11.6. The van der Waals surface area contributed by atoms with Gasteiger partial charge in [0.05, 0.1) is 6.54 Å². The lowest BCUT2D eigenvalue weighted by atomic mass is 10.1. The number of nitrogens with one attached hydrogen (secondary N) is 3. The van der Waals surface area contributed by atoms with Crippen LogP contribution in [0.25, 0.3) is 0 Å². The van der Waals surface area contributed by atoms with Gasteiger partial charge >= 0.3 is 6.03 Å². The van der Waals surface area contributed by atoms with Gasteiger partial charge in [0, 0.05) is 11.7 Å². The van der Waals surface area contributed by atoms with Crippen LogP contribution in [0.3, 0.4) is 0 Å². The molecular formula is C17H17F2N3O2. The predicted octanol–water partition coefficient (Wildman–Crippen LogP) is 2.96. The maximum absolute atomic E-state index is 13.2. The highest BCUT2D eigenvalue weighted by atomic mass is 19.2. The molecule has 126 valence electrons. The topological polar surface area (TPSA) is 70.2 Å².